The number of hydrogen-bond acceptors (Lipinski definition) is 5. The van der Waals surface area contributed by atoms with Crippen LogP contribution in [0.25, 0.3) is 10.6 Å². The fourth-order valence-electron chi connectivity index (χ4n) is 3.16. The number of fused-ring (bicyclic) bond motifs is 1. The zero-order chi connectivity index (χ0) is 18.8. The fourth-order valence-corrected chi connectivity index (χ4v) is 3.98. The molecule has 1 aliphatic heterocycles. The number of ether oxygens (including phenoxy) is 2. The molecule has 1 atom stereocenters. The third-order valence-electron chi connectivity index (χ3n) is 4.60. The number of rotatable bonds is 4. The van der Waals surface area contributed by atoms with Crippen LogP contribution < -0.4 is 14.4 Å². The molecule has 2 heterocycles. The van der Waals surface area contributed by atoms with Crippen LogP contribution in [0.15, 0.2) is 53.9 Å². The fraction of sp³-hybridized carbons (Fsp3) is 0.238. The topological polar surface area (TPSA) is 51.7 Å². The Morgan fingerprint density at radius 1 is 1.26 bits per heavy atom. The highest BCUT2D eigenvalue weighted by Crippen LogP contribution is 2.36. The van der Waals surface area contributed by atoms with Gasteiger partial charge in [0.1, 0.15) is 28.3 Å². The second-order valence-corrected chi connectivity index (χ2v) is 7.13. The SMILES string of the molecule is CC[C@@H]1CN(C(=O)c2csc(-c3ccccc3OC)n2)c2ccccc2O1. The summed E-state index contributed by atoms with van der Waals surface area (Å²) in [7, 11) is 1.63. The number of aromatic nitrogens is 1. The summed E-state index contributed by atoms with van der Waals surface area (Å²) in [5, 5.41) is 2.58. The van der Waals surface area contributed by atoms with Crippen LogP contribution in [-0.2, 0) is 0 Å². The van der Waals surface area contributed by atoms with E-state index in [0.717, 1.165) is 34.2 Å². The van der Waals surface area contributed by atoms with E-state index in [1.807, 2.05) is 53.9 Å². The highest BCUT2D eigenvalue weighted by Gasteiger charge is 2.30. The average molecular weight is 380 g/mol. The maximum absolute atomic E-state index is 13.2. The number of para-hydroxylation sites is 3. The van der Waals surface area contributed by atoms with E-state index in [2.05, 4.69) is 11.9 Å². The van der Waals surface area contributed by atoms with Crippen molar-refractivity contribution in [3.8, 4) is 22.1 Å². The van der Waals surface area contributed by atoms with Crippen molar-refractivity contribution in [2.24, 2.45) is 0 Å². The van der Waals surface area contributed by atoms with Crippen molar-refractivity contribution in [1.82, 2.24) is 4.98 Å². The quantitative estimate of drug-likeness (QED) is 0.662. The van der Waals surface area contributed by atoms with Crippen molar-refractivity contribution in [3.63, 3.8) is 0 Å². The lowest BCUT2D eigenvalue weighted by Crippen LogP contribution is -2.43. The van der Waals surface area contributed by atoms with Crippen LogP contribution in [0.4, 0.5) is 5.69 Å². The monoisotopic (exact) mass is 380 g/mol. The predicted molar refractivity (Wildman–Crippen MR) is 107 cm³/mol. The van der Waals surface area contributed by atoms with E-state index in [1.165, 1.54) is 11.3 Å². The van der Waals surface area contributed by atoms with Gasteiger partial charge in [0.15, 0.2) is 0 Å². The van der Waals surface area contributed by atoms with E-state index >= 15 is 0 Å². The molecule has 138 valence electrons. The number of carbonyl (C=O) groups excluding carboxylic acids is 1. The maximum Gasteiger partial charge on any atom is 0.278 e. The second kappa shape index (κ2) is 7.40. The predicted octanol–water partition coefficient (Wildman–Crippen LogP) is 4.64. The summed E-state index contributed by atoms with van der Waals surface area (Å²) >= 11 is 1.44. The lowest BCUT2D eigenvalue weighted by atomic mass is 10.1. The molecule has 0 N–H and O–H groups in total. The summed E-state index contributed by atoms with van der Waals surface area (Å²) in [5.41, 5.74) is 2.12. The first-order chi connectivity index (χ1) is 13.2. The van der Waals surface area contributed by atoms with Crippen molar-refractivity contribution < 1.29 is 14.3 Å². The van der Waals surface area contributed by atoms with Gasteiger partial charge in [0.05, 0.1) is 24.9 Å². The van der Waals surface area contributed by atoms with E-state index in [-0.39, 0.29) is 12.0 Å². The molecule has 0 unspecified atom stereocenters. The molecule has 0 aliphatic carbocycles. The van der Waals surface area contributed by atoms with Crippen LogP contribution in [0.1, 0.15) is 23.8 Å². The molecule has 27 heavy (non-hydrogen) atoms. The minimum Gasteiger partial charge on any atom is -0.496 e. The molecule has 3 aromatic rings. The average Bonchev–Trinajstić information content (AvgIpc) is 3.22. The van der Waals surface area contributed by atoms with Gasteiger partial charge in [-0.3, -0.25) is 9.69 Å². The highest BCUT2D eigenvalue weighted by molar-refractivity contribution is 7.13. The zero-order valence-corrected chi connectivity index (χ0v) is 16.0. The standard InChI is InChI=1S/C21H20N2O3S/c1-3-14-12-23(17-9-5-7-11-19(17)26-14)21(24)16-13-27-20(22-16)15-8-4-6-10-18(15)25-2/h4-11,13-14H,3,12H2,1-2H3/t14-/m1/s1. The summed E-state index contributed by atoms with van der Waals surface area (Å²) in [6.07, 6.45) is 0.818. The molecular formula is C21H20N2O3S. The molecule has 0 radical (unpaired) electrons. The smallest absolute Gasteiger partial charge is 0.278 e. The van der Waals surface area contributed by atoms with Crippen LogP contribution in [0, 0.1) is 0 Å². The van der Waals surface area contributed by atoms with Gasteiger partial charge in [-0.15, -0.1) is 11.3 Å². The summed E-state index contributed by atoms with van der Waals surface area (Å²) in [5.74, 6) is 1.37. The number of amides is 1. The molecule has 0 saturated carbocycles. The van der Waals surface area contributed by atoms with Crippen LogP contribution in [0.2, 0.25) is 0 Å². The first-order valence-corrected chi connectivity index (χ1v) is 9.75. The van der Waals surface area contributed by atoms with E-state index in [4.69, 9.17) is 9.47 Å². The number of methoxy groups -OCH3 is 1. The van der Waals surface area contributed by atoms with Gasteiger partial charge in [0.2, 0.25) is 0 Å². The summed E-state index contributed by atoms with van der Waals surface area (Å²) in [4.78, 5) is 19.6. The summed E-state index contributed by atoms with van der Waals surface area (Å²) < 4.78 is 11.4. The Morgan fingerprint density at radius 2 is 2.04 bits per heavy atom. The Kier molecular flexibility index (Phi) is 4.81. The van der Waals surface area contributed by atoms with Crippen LogP contribution in [-0.4, -0.2) is 30.6 Å². The molecule has 0 fully saturated rings. The van der Waals surface area contributed by atoms with Gasteiger partial charge in [-0.25, -0.2) is 4.98 Å². The number of hydrogen-bond donors (Lipinski definition) is 0. The van der Waals surface area contributed by atoms with Crippen molar-refractivity contribution >= 4 is 22.9 Å². The third kappa shape index (κ3) is 3.28. The minimum atomic E-state index is -0.110. The van der Waals surface area contributed by atoms with Gasteiger partial charge in [-0.2, -0.15) is 0 Å². The van der Waals surface area contributed by atoms with E-state index in [9.17, 15) is 4.79 Å². The number of thiazole rings is 1. The number of carbonyl (C=O) groups is 1. The van der Waals surface area contributed by atoms with Gasteiger partial charge in [0.25, 0.3) is 5.91 Å². The third-order valence-corrected chi connectivity index (χ3v) is 5.47. The van der Waals surface area contributed by atoms with Gasteiger partial charge in [-0.05, 0) is 30.7 Å². The van der Waals surface area contributed by atoms with Crippen LogP contribution >= 0.6 is 11.3 Å². The van der Waals surface area contributed by atoms with Gasteiger partial charge >= 0.3 is 0 Å². The van der Waals surface area contributed by atoms with E-state index < -0.39 is 0 Å². The maximum atomic E-state index is 13.2. The lowest BCUT2D eigenvalue weighted by molar-refractivity contribution is 0.0950. The van der Waals surface area contributed by atoms with Crippen LogP contribution in [0.5, 0.6) is 11.5 Å². The molecule has 1 aromatic heterocycles. The van der Waals surface area contributed by atoms with Crippen molar-refractivity contribution in [2.75, 3.05) is 18.6 Å². The largest absolute Gasteiger partial charge is 0.496 e. The zero-order valence-electron chi connectivity index (χ0n) is 15.2. The van der Waals surface area contributed by atoms with E-state index in [0.29, 0.717) is 12.2 Å². The Morgan fingerprint density at radius 3 is 2.85 bits per heavy atom. The van der Waals surface area contributed by atoms with Crippen molar-refractivity contribution in [3.05, 3.63) is 59.6 Å². The van der Waals surface area contributed by atoms with Crippen LogP contribution in [0.3, 0.4) is 0 Å². The molecule has 0 spiro atoms. The molecular weight excluding hydrogens is 360 g/mol. The molecule has 5 nitrogen and oxygen atoms in total. The Balaban J connectivity index is 1.67. The molecule has 2 aromatic carbocycles. The molecule has 1 amide bonds. The summed E-state index contributed by atoms with van der Waals surface area (Å²) in [6.45, 7) is 2.58. The number of nitrogens with zero attached hydrogens (tertiary/aromatic N) is 2. The first kappa shape index (κ1) is 17.5. The highest BCUT2D eigenvalue weighted by atomic mass is 32.1. The second-order valence-electron chi connectivity index (χ2n) is 6.27. The minimum absolute atomic E-state index is 0.0174. The Labute approximate surface area is 162 Å². The Hall–Kier alpha value is -2.86. The number of anilines is 1. The molecule has 1 aliphatic rings. The number of benzene rings is 2. The molecule has 4 rings (SSSR count). The normalized spacial score (nSPS) is 15.8. The van der Waals surface area contributed by atoms with Crippen molar-refractivity contribution in [2.45, 2.75) is 19.4 Å². The van der Waals surface area contributed by atoms with Gasteiger partial charge < -0.3 is 9.47 Å². The Bertz CT molecular complexity index is 969. The lowest BCUT2D eigenvalue weighted by Gasteiger charge is -2.34. The molecule has 0 bridgehead atoms. The van der Waals surface area contributed by atoms with Gasteiger partial charge in [-0.1, -0.05) is 31.2 Å². The first-order valence-electron chi connectivity index (χ1n) is 8.87. The summed E-state index contributed by atoms with van der Waals surface area (Å²) in [6, 6.07) is 15.3. The molecule has 6 heteroatoms. The van der Waals surface area contributed by atoms with E-state index in [1.54, 1.807) is 12.0 Å². The van der Waals surface area contributed by atoms with Crippen molar-refractivity contribution in [1.29, 1.82) is 0 Å². The molecule has 0 saturated heterocycles. The van der Waals surface area contributed by atoms with Gasteiger partial charge in [0, 0.05) is 5.38 Å².